The van der Waals surface area contributed by atoms with E-state index in [-0.39, 0.29) is 8.96 Å². The third-order valence-electron chi connectivity index (χ3n) is 2.11. The van der Waals surface area contributed by atoms with Gasteiger partial charge in [-0.1, -0.05) is 0 Å². The first-order valence-electron chi connectivity index (χ1n) is 3.84. The minimum absolute atomic E-state index is 0.136. The first-order chi connectivity index (χ1) is 7.37. The summed E-state index contributed by atoms with van der Waals surface area (Å²) in [6, 6.07) is 0. The summed E-state index contributed by atoms with van der Waals surface area (Å²) in [6.45, 7) is 0. The number of fused-ring (bicyclic) bond motifs is 1. The molecule has 16 heavy (non-hydrogen) atoms. The fourth-order valence-electron chi connectivity index (χ4n) is 1.37. The quantitative estimate of drug-likeness (QED) is 0.390. The topological polar surface area (TPSA) is 17.1 Å². The van der Waals surface area contributed by atoms with Crippen LogP contribution in [-0.4, -0.2) is 5.78 Å². The van der Waals surface area contributed by atoms with Gasteiger partial charge in [-0.25, -0.2) is 17.6 Å². The van der Waals surface area contributed by atoms with Crippen LogP contribution in [0, 0.1) is 23.3 Å². The van der Waals surface area contributed by atoms with Crippen LogP contribution < -0.4 is 0 Å². The first-order valence-corrected chi connectivity index (χ1v) is 5.42. The molecule has 0 fully saturated rings. The summed E-state index contributed by atoms with van der Waals surface area (Å²) in [5.74, 6) is -8.15. The van der Waals surface area contributed by atoms with Crippen LogP contribution in [0.4, 0.5) is 17.6 Å². The van der Waals surface area contributed by atoms with E-state index in [2.05, 4.69) is 31.9 Å². The minimum atomic E-state index is -1.99. The van der Waals surface area contributed by atoms with Gasteiger partial charge < -0.3 is 0 Å². The highest BCUT2D eigenvalue weighted by Gasteiger charge is 2.37. The molecule has 0 atom stereocenters. The van der Waals surface area contributed by atoms with E-state index < -0.39 is 40.2 Å². The number of allylic oxidation sites excluding steroid dienone is 1. The predicted octanol–water partition coefficient (Wildman–Crippen LogP) is 3.90. The lowest BCUT2D eigenvalue weighted by Gasteiger charge is -2.05. The molecule has 7 heteroatoms. The van der Waals surface area contributed by atoms with Crippen molar-refractivity contribution in [2.45, 2.75) is 0 Å². The maximum atomic E-state index is 13.3. The second kappa shape index (κ2) is 3.66. The van der Waals surface area contributed by atoms with Gasteiger partial charge in [0.05, 0.1) is 10.0 Å². The summed E-state index contributed by atoms with van der Waals surface area (Å²) in [5, 5.41) is 0. The van der Waals surface area contributed by atoms with Gasteiger partial charge in [0.1, 0.15) is 0 Å². The van der Waals surface area contributed by atoms with E-state index in [1.54, 1.807) is 0 Å². The Morgan fingerprint density at radius 2 is 1.12 bits per heavy atom. The van der Waals surface area contributed by atoms with Gasteiger partial charge in [0, 0.05) is 10.0 Å². The number of carbonyl (C=O) groups is 1. The van der Waals surface area contributed by atoms with Gasteiger partial charge >= 0.3 is 0 Å². The molecule has 0 radical (unpaired) electrons. The number of hydrogen-bond donors (Lipinski definition) is 0. The number of halogens is 6. The number of hydrogen-bond acceptors (Lipinski definition) is 1. The van der Waals surface area contributed by atoms with Crippen molar-refractivity contribution in [2.24, 2.45) is 0 Å². The Morgan fingerprint density at radius 1 is 0.688 bits per heavy atom. The minimum Gasteiger partial charge on any atom is -0.288 e. The smallest absolute Gasteiger partial charge is 0.204 e. The summed E-state index contributed by atoms with van der Waals surface area (Å²) in [4.78, 5) is 11.4. The van der Waals surface area contributed by atoms with Crippen molar-refractivity contribution in [2.75, 3.05) is 0 Å². The maximum absolute atomic E-state index is 13.3. The van der Waals surface area contributed by atoms with Crippen molar-refractivity contribution in [3.63, 3.8) is 0 Å². The van der Waals surface area contributed by atoms with Gasteiger partial charge in [0.15, 0.2) is 23.3 Å². The van der Waals surface area contributed by atoms with Crippen LogP contribution in [0.25, 0.3) is 4.48 Å². The maximum Gasteiger partial charge on any atom is 0.204 e. The summed E-state index contributed by atoms with van der Waals surface area (Å²) in [6.07, 6.45) is 0. The molecule has 0 N–H and O–H groups in total. The number of rotatable bonds is 0. The van der Waals surface area contributed by atoms with Crippen LogP contribution in [0.3, 0.4) is 0 Å². The zero-order chi connectivity index (χ0) is 12.2. The van der Waals surface area contributed by atoms with Gasteiger partial charge in [0.2, 0.25) is 5.78 Å². The lowest BCUT2D eigenvalue weighted by Crippen LogP contribution is -2.07. The van der Waals surface area contributed by atoms with Crippen LogP contribution in [0.15, 0.2) is 4.48 Å². The third kappa shape index (κ3) is 1.31. The van der Waals surface area contributed by atoms with Crippen LogP contribution in [0.5, 0.6) is 0 Å². The average Bonchev–Trinajstić information content (AvgIpc) is 2.48. The van der Waals surface area contributed by atoms with Crippen LogP contribution in [0.2, 0.25) is 0 Å². The molecule has 0 heterocycles. The monoisotopic (exact) mass is 358 g/mol. The molecular formula is C9Br2F4O. The highest BCUT2D eigenvalue weighted by Crippen LogP contribution is 2.43. The molecule has 1 aromatic rings. The molecule has 0 bridgehead atoms. The van der Waals surface area contributed by atoms with Gasteiger partial charge in [0.25, 0.3) is 0 Å². The normalized spacial score (nSPS) is 14.8. The van der Waals surface area contributed by atoms with Gasteiger partial charge in [-0.2, -0.15) is 0 Å². The average molecular weight is 360 g/mol. The second-order valence-corrected chi connectivity index (χ2v) is 4.55. The fourth-order valence-corrected chi connectivity index (χ4v) is 2.32. The molecule has 2 rings (SSSR count). The number of carbonyl (C=O) groups excluding carboxylic acids is 1. The molecular weight excluding hydrogens is 360 g/mol. The molecule has 0 saturated carbocycles. The Labute approximate surface area is 103 Å². The van der Waals surface area contributed by atoms with E-state index in [4.69, 9.17) is 0 Å². The van der Waals surface area contributed by atoms with Gasteiger partial charge in [-0.05, 0) is 31.9 Å². The molecule has 0 unspecified atom stereocenters. The third-order valence-corrected chi connectivity index (χ3v) is 4.19. The lowest BCUT2D eigenvalue weighted by atomic mass is 10.1. The Hall–Kier alpha value is -0.690. The van der Waals surface area contributed by atoms with Crippen molar-refractivity contribution in [3.8, 4) is 0 Å². The highest BCUT2D eigenvalue weighted by molar-refractivity contribution is 9.16. The van der Waals surface area contributed by atoms with E-state index in [1.165, 1.54) is 0 Å². The fraction of sp³-hybridized carbons (Fsp3) is 0. The Bertz CT molecular complexity index is 565. The van der Waals surface area contributed by atoms with E-state index in [1.807, 2.05) is 0 Å². The second-order valence-electron chi connectivity index (χ2n) is 2.96. The van der Waals surface area contributed by atoms with Crippen molar-refractivity contribution in [1.29, 1.82) is 0 Å². The van der Waals surface area contributed by atoms with Crippen LogP contribution >= 0.6 is 31.9 Å². The van der Waals surface area contributed by atoms with Crippen LogP contribution in [-0.2, 0) is 0 Å². The molecule has 1 aliphatic rings. The predicted molar refractivity (Wildman–Crippen MR) is 55.4 cm³/mol. The number of Topliss-reactive ketones (excluding diaryl/α,β-unsaturated/α-hetero) is 1. The molecule has 0 saturated heterocycles. The van der Waals surface area contributed by atoms with Crippen molar-refractivity contribution in [1.82, 2.24) is 0 Å². The highest BCUT2D eigenvalue weighted by atomic mass is 79.9. The van der Waals surface area contributed by atoms with Crippen molar-refractivity contribution >= 4 is 42.1 Å². The summed E-state index contributed by atoms with van der Waals surface area (Å²) in [7, 11) is 0. The Kier molecular flexibility index (Phi) is 2.70. The largest absolute Gasteiger partial charge is 0.288 e. The Balaban J connectivity index is 2.94. The zero-order valence-electron chi connectivity index (χ0n) is 7.18. The standard InChI is InChI=1S/C9Br2F4O/c10-3-1-2(9(16)4(3)11)6(13)8(15)7(14)5(1)12. The molecule has 0 aliphatic heterocycles. The van der Waals surface area contributed by atoms with Crippen LogP contribution in [0.1, 0.15) is 15.9 Å². The van der Waals surface area contributed by atoms with Crippen molar-refractivity contribution in [3.05, 3.63) is 38.9 Å². The molecule has 0 aromatic heterocycles. The SMILES string of the molecule is O=C1C(Br)=C(Br)c2c(F)c(F)c(F)c(F)c21. The van der Waals surface area contributed by atoms with E-state index in [9.17, 15) is 22.4 Å². The van der Waals surface area contributed by atoms with E-state index >= 15 is 0 Å². The molecule has 0 amide bonds. The number of ketones is 1. The zero-order valence-corrected chi connectivity index (χ0v) is 10.3. The van der Waals surface area contributed by atoms with E-state index in [0.717, 1.165) is 0 Å². The lowest BCUT2D eigenvalue weighted by molar-refractivity contribution is 0.104. The molecule has 1 aliphatic carbocycles. The Morgan fingerprint density at radius 3 is 1.62 bits per heavy atom. The van der Waals surface area contributed by atoms with E-state index in [0.29, 0.717) is 0 Å². The molecule has 1 aromatic carbocycles. The summed E-state index contributed by atoms with van der Waals surface area (Å²) < 4.78 is 52.1. The molecule has 84 valence electrons. The van der Waals surface area contributed by atoms with Crippen molar-refractivity contribution < 1.29 is 22.4 Å². The summed E-state index contributed by atoms with van der Waals surface area (Å²) >= 11 is 5.57. The first kappa shape index (κ1) is 11.8. The summed E-state index contributed by atoms with van der Waals surface area (Å²) in [5.41, 5.74) is -1.41. The van der Waals surface area contributed by atoms with Gasteiger partial charge in [-0.3, -0.25) is 4.79 Å². The molecule has 1 nitrogen and oxygen atoms in total. The number of benzene rings is 1. The molecule has 0 spiro atoms. The van der Waals surface area contributed by atoms with Gasteiger partial charge in [-0.15, -0.1) is 0 Å².